The average Bonchev–Trinajstić information content (AvgIpc) is 2.14. The molecule has 1 heterocycles. The molecule has 1 aromatic heterocycles. The van der Waals surface area contributed by atoms with E-state index in [0.717, 1.165) is 9.07 Å². The number of nitrogens with zero attached hydrogens (tertiary/aromatic N) is 2. The van der Waals surface area contributed by atoms with Gasteiger partial charge in [0.1, 0.15) is 0 Å². The summed E-state index contributed by atoms with van der Waals surface area (Å²) in [5.41, 5.74) is 0. The second-order valence-electron chi connectivity index (χ2n) is 1.03. The van der Waals surface area contributed by atoms with Gasteiger partial charge in [-0.15, -0.1) is 0 Å². The molecule has 0 fully saturated rings. The Morgan fingerprint density at radius 1 is 1.75 bits per heavy atom. The molecule has 0 unspecified atom stereocenters. The van der Waals surface area contributed by atoms with E-state index in [2.05, 4.69) is 25.3 Å². The Morgan fingerprint density at radius 2 is 2.50 bits per heavy atom. The van der Waals surface area contributed by atoms with Gasteiger partial charge in [0.05, 0.1) is 0 Å². The van der Waals surface area contributed by atoms with Crippen molar-refractivity contribution < 1.29 is 0 Å². The second kappa shape index (κ2) is 2.80. The number of halogens is 1. The molecule has 1 rings (SSSR count). The molecule has 0 bridgehead atoms. The van der Waals surface area contributed by atoms with Gasteiger partial charge in [0.2, 0.25) is 5.16 Å². The summed E-state index contributed by atoms with van der Waals surface area (Å²) in [5, 5.41) is 0.835. The quantitative estimate of drug-likeness (QED) is 0.664. The van der Waals surface area contributed by atoms with Crippen LogP contribution in [0.25, 0.3) is 0 Å². The Labute approximate surface area is 64.0 Å². The Kier molecular flexibility index (Phi) is 2.27. The highest BCUT2D eigenvalue weighted by Crippen LogP contribution is 2.17. The van der Waals surface area contributed by atoms with E-state index in [9.17, 15) is 0 Å². The molecule has 0 aliphatic heterocycles. The van der Waals surface area contributed by atoms with Crippen molar-refractivity contribution in [3.05, 3.63) is 3.92 Å². The zero-order valence-electron chi connectivity index (χ0n) is 4.09. The molecule has 0 N–H and O–H groups in total. The maximum absolute atomic E-state index is 4.02. The van der Waals surface area contributed by atoms with Crippen molar-refractivity contribution in [3.8, 4) is 0 Å². The second-order valence-corrected chi connectivity index (χ2v) is 3.84. The molecule has 0 aliphatic carbocycles. The molecule has 1 aromatic rings. The first-order chi connectivity index (χ1) is 3.83. The Balaban J connectivity index is 2.84. The van der Waals surface area contributed by atoms with Crippen LogP contribution in [0.4, 0.5) is 0 Å². The van der Waals surface area contributed by atoms with Crippen molar-refractivity contribution in [2.75, 3.05) is 6.26 Å². The van der Waals surface area contributed by atoms with Crippen LogP contribution in [0.5, 0.6) is 0 Å². The monoisotopic (exact) mass is 210 g/mol. The van der Waals surface area contributed by atoms with E-state index < -0.39 is 0 Å². The van der Waals surface area contributed by atoms with Crippen molar-refractivity contribution in [2.45, 2.75) is 5.16 Å². The van der Waals surface area contributed by atoms with Gasteiger partial charge in [-0.25, -0.2) is 4.98 Å². The standard InChI is InChI=1S/C3H3BrN2S2/c1-7-3-5-2(4)8-6-3/h1H3. The summed E-state index contributed by atoms with van der Waals surface area (Å²) in [6.07, 6.45) is 1.95. The van der Waals surface area contributed by atoms with Gasteiger partial charge in [-0.1, -0.05) is 11.8 Å². The summed E-state index contributed by atoms with van der Waals surface area (Å²) in [5.74, 6) is 0. The van der Waals surface area contributed by atoms with Gasteiger partial charge in [0, 0.05) is 0 Å². The maximum Gasteiger partial charge on any atom is 0.200 e. The molecule has 8 heavy (non-hydrogen) atoms. The Morgan fingerprint density at radius 3 is 2.75 bits per heavy atom. The number of thioether (sulfide) groups is 1. The summed E-state index contributed by atoms with van der Waals surface area (Å²) in [4.78, 5) is 4.02. The fourth-order valence-corrected chi connectivity index (χ4v) is 1.75. The molecule has 0 spiro atoms. The topological polar surface area (TPSA) is 25.8 Å². The minimum atomic E-state index is 0.835. The molecule has 5 heteroatoms. The smallest absolute Gasteiger partial charge is 0.200 e. The zero-order valence-corrected chi connectivity index (χ0v) is 7.31. The number of aromatic nitrogens is 2. The lowest BCUT2D eigenvalue weighted by atomic mass is 11.3. The number of rotatable bonds is 1. The first kappa shape index (κ1) is 6.51. The molecule has 0 atom stereocenters. The highest BCUT2D eigenvalue weighted by atomic mass is 79.9. The highest BCUT2D eigenvalue weighted by Gasteiger charge is 1.95. The van der Waals surface area contributed by atoms with Gasteiger partial charge in [0.25, 0.3) is 0 Å². The van der Waals surface area contributed by atoms with E-state index in [-0.39, 0.29) is 0 Å². The third kappa shape index (κ3) is 1.43. The summed E-state index contributed by atoms with van der Waals surface area (Å²) < 4.78 is 4.83. The third-order valence-corrected chi connectivity index (χ3v) is 2.35. The molecule has 0 amide bonds. The lowest BCUT2D eigenvalue weighted by molar-refractivity contribution is 1.07. The van der Waals surface area contributed by atoms with Crippen LogP contribution in [0.2, 0.25) is 0 Å². The first-order valence-corrected chi connectivity index (χ1v) is 4.65. The minimum absolute atomic E-state index is 0.835. The summed E-state index contributed by atoms with van der Waals surface area (Å²) in [7, 11) is 0. The first-order valence-electron chi connectivity index (χ1n) is 1.86. The van der Waals surface area contributed by atoms with Gasteiger partial charge in [-0.3, -0.25) is 0 Å². The predicted octanol–water partition coefficient (Wildman–Crippen LogP) is 2.02. The average molecular weight is 211 g/mol. The van der Waals surface area contributed by atoms with Gasteiger partial charge in [-0.2, -0.15) is 4.37 Å². The SMILES string of the molecule is CSc1nsc(Br)n1. The van der Waals surface area contributed by atoms with Gasteiger partial charge >= 0.3 is 0 Å². The van der Waals surface area contributed by atoms with Crippen molar-refractivity contribution >= 4 is 39.2 Å². The minimum Gasteiger partial charge on any atom is -0.202 e. The van der Waals surface area contributed by atoms with Crippen LogP contribution in [-0.4, -0.2) is 15.6 Å². The maximum atomic E-state index is 4.02. The van der Waals surface area contributed by atoms with E-state index >= 15 is 0 Å². The summed E-state index contributed by atoms with van der Waals surface area (Å²) >= 11 is 6.12. The van der Waals surface area contributed by atoms with Crippen molar-refractivity contribution in [2.24, 2.45) is 0 Å². The molecule has 0 saturated carbocycles. The predicted molar refractivity (Wildman–Crippen MR) is 39.4 cm³/mol. The lowest BCUT2D eigenvalue weighted by Gasteiger charge is -1.76. The Hall–Kier alpha value is 0.390. The van der Waals surface area contributed by atoms with Crippen LogP contribution in [0.3, 0.4) is 0 Å². The van der Waals surface area contributed by atoms with E-state index in [1.807, 2.05) is 6.26 Å². The molecular formula is C3H3BrN2S2. The molecular weight excluding hydrogens is 208 g/mol. The van der Waals surface area contributed by atoms with E-state index in [1.54, 1.807) is 11.8 Å². The zero-order chi connectivity index (χ0) is 5.98. The molecule has 0 aromatic carbocycles. The Bertz CT molecular complexity index is 176. The third-order valence-electron chi connectivity index (χ3n) is 0.565. The van der Waals surface area contributed by atoms with E-state index in [0.29, 0.717) is 0 Å². The largest absolute Gasteiger partial charge is 0.202 e. The molecule has 44 valence electrons. The summed E-state index contributed by atoms with van der Waals surface area (Å²) in [6, 6.07) is 0. The van der Waals surface area contributed by atoms with Crippen LogP contribution < -0.4 is 0 Å². The number of hydrogen-bond acceptors (Lipinski definition) is 4. The van der Waals surface area contributed by atoms with E-state index in [1.165, 1.54) is 11.5 Å². The van der Waals surface area contributed by atoms with Gasteiger partial charge in [0.15, 0.2) is 3.92 Å². The fourth-order valence-electron chi connectivity index (χ4n) is 0.276. The van der Waals surface area contributed by atoms with Crippen LogP contribution in [0.1, 0.15) is 0 Å². The van der Waals surface area contributed by atoms with Crippen LogP contribution in [0, 0.1) is 0 Å². The van der Waals surface area contributed by atoms with Crippen molar-refractivity contribution in [3.63, 3.8) is 0 Å². The van der Waals surface area contributed by atoms with Crippen molar-refractivity contribution in [1.82, 2.24) is 9.36 Å². The number of hydrogen-bond donors (Lipinski definition) is 0. The fraction of sp³-hybridized carbons (Fsp3) is 0.333. The molecule has 0 radical (unpaired) electrons. The molecule has 2 nitrogen and oxygen atoms in total. The van der Waals surface area contributed by atoms with Crippen LogP contribution in [-0.2, 0) is 0 Å². The molecule has 0 aliphatic rings. The van der Waals surface area contributed by atoms with Crippen LogP contribution in [0.15, 0.2) is 9.07 Å². The van der Waals surface area contributed by atoms with Crippen LogP contribution >= 0.6 is 39.2 Å². The van der Waals surface area contributed by atoms with Gasteiger partial charge in [-0.05, 0) is 33.7 Å². The molecule has 0 saturated heterocycles. The van der Waals surface area contributed by atoms with Crippen molar-refractivity contribution in [1.29, 1.82) is 0 Å². The normalized spacial score (nSPS) is 9.75. The summed E-state index contributed by atoms with van der Waals surface area (Å²) in [6.45, 7) is 0. The van der Waals surface area contributed by atoms with Gasteiger partial charge < -0.3 is 0 Å². The lowest BCUT2D eigenvalue weighted by Crippen LogP contribution is -1.67. The highest BCUT2D eigenvalue weighted by molar-refractivity contribution is 9.11. The van der Waals surface area contributed by atoms with E-state index in [4.69, 9.17) is 0 Å².